The fourth-order valence-corrected chi connectivity index (χ4v) is 2.55. The lowest BCUT2D eigenvalue weighted by atomic mass is 10.2. The first-order valence-corrected chi connectivity index (χ1v) is 5.53. The minimum absolute atomic E-state index is 0.192. The van der Waals surface area contributed by atoms with Gasteiger partial charge in [-0.15, -0.1) is 0 Å². The molecule has 0 radical (unpaired) electrons. The van der Waals surface area contributed by atoms with Crippen LogP contribution in [0.25, 0.3) is 10.1 Å². The van der Waals surface area contributed by atoms with Gasteiger partial charge in [0.15, 0.2) is 0 Å². The van der Waals surface area contributed by atoms with Crippen molar-refractivity contribution in [3.63, 3.8) is 0 Å². The molecule has 1 aromatic heterocycles. The normalized spacial score (nSPS) is 10.7. The number of hydrogen-bond donors (Lipinski definition) is 0. The largest absolute Gasteiger partial charge is 0.325 e. The molecule has 0 amide bonds. The Balaban J connectivity index is 2.72. The summed E-state index contributed by atoms with van der Waals surface area (Å²) < 4.78 is 1.94. The van der Waals surface area contributed by atoms with Crippen molar-refractivity contribution >= 4 is 42.4 Å². The molecule has 0 aliphatic carbocycles. The van der Waals surface area contributed by atoms with Crippen LogP contribution >= 0.6 is 27.3 Å². The van der Waals surface area contributed by atoms with Gasteiger partial charge in [-0.25, -0.2) is 0 Å². The van der Waals surface area contributed by atoms with Gasteiger partial charge in [0.2, 0.25) is 0 Å². The van der Waals surface area contributed by atoms with E-state index in [0.717, 1.165) is 20.1 Å². The van der Waals surface area contributed by atoms with Crippen LogP contribution in [0.5, 0.6) is 0 Å². The number of halogens is 1. The molecule has 0 aliphatic heterocycles. The van der Waals surface area contributed by atoms with Gasteiger partial charge >= 0.3 is 5.00 Å². The number of aryl methyl sites for hydroxylation is 1. The van der Waals surface area contributed by atoms with Crippen molar-refractivity contribution < 1.29 is 4.92 Å². The molecule has 0 bridgehead atoms. The monoisotopic (exact) mass is 271 g/mol. The quantitative estimate of drug-likeness (QED) is 0.584. The predicted molar refractivity (Wildman–Crippen MR) is 60.9 cm³/mol. The maximum atomic E-state index is 10.5. The standard InChI is InChI=1S/C9H6BrNO2S/c1-5-2-8-6(3-7(5)10)4-9(14-8)11(12)13/h2-4H,1H3. The van der Waals surface area contributed by atoms with E-state index in [4.69, 9.17) is 0 Å². The minimum Gasteiger partial charge on any atom is -0.258 e. The van der Waals surface area contributed by atoms with E-state index >= 15 is 0 Å². The molecule has 2 rings (SSSR count). The number of rotatable bonds is 1. The summed E-state index contributed by atoms with van der Waals surface area (Å²) in [6, 6.07) is 5.47. The van der Waals surface area contributed by atoms with Gasteiger partial charge < -0.3 is 0 Å². The summed E-state index contributed by atoms with van der Waals surface area (Å²) in [5, 5.41) is 11.7. The van der Waals surface area contributed by atoms with Crippen LogP contribution in [-0.4, -0.2) is 4.92 Å². The Labute approximate surface area is 92.6 Å². The first kappa shape index (κ1) is 9.61. The van der Waals surface area contributed by atoms with Gasteiger partial charge in [-0.1, -0.05) is 27.3 Å². The van der Waals surface area contributed by atoms with E-state index < -0.39 is 0 Å². The fraction of sp³-hybridized carbons (Fsp3) is 0.111. The molecule has 2 aromatic rings. The lowest BCUT2D eigenvalue weighted by Crippen LogP contribution is -1.80. The molecule has 3 nitrogen and oxygen atoms in total. The van der Waals surface area contributed by atoms with Crippen molar-refractivity contribution in [2.24, 2.45) is 0 Å². The second-order valence-electron chi connectivity index (χ2n) is 2.98. The second-order valence-corrected chi connectivity index (χ2v) is 4.90. The van der Waals surface area contributed by atoms with Crippen LogP contribution in [0, 0.1) is 17.0 Å². The summed E-state index contributed by atoms with van der Waals surface area (Å²) in [7, 11) is 0. The third-order valence-corrected chi connectivity index (χ3v) is 3.87. The number of fused-ring (bicyclic) bond motifs is 1. The van der Waals surface area contributed by atoms with Crippen LogP contribution in [0.4, 0.5) is 5.00 Å². The highest BCUT2D eigenvalue weighted by atomic mass is 79.9. The Bertz CT molecular complexity index is 482. The molecule has 0 fully saturated rings. The predicted octanol–water partition coefficient (Wildman–Crippen LogP) is 3.88. The summed E-state index contributed by atoms with van der Waals surface area (Å²) >= 11 is 4.61. The van der Waals surface area contributed by atoms with Crippen LogP contribution in [0.3, 0.4) is 0 Å². The topological polar surface area (TPSA) is 43.1 Å². The number of nitrogens with zero attached hydrogens (tertiary/aromatic N) is 1. The van der Waals surface area contributed by atoms with Crippen LogP contribution in [-0.2, 0) is 0 Å². The maximum Gasteiger partial charge on any atom is 0.325 e. The van der Waals surface area contributed by atoms with E-state index in [1.54, 1.807) is 6.07 Å². The van der Waals surface area contributed by atoms with Gasteiger partial charge in [-0.2, -0.15) is 0 Å². The molecule has 0 unspecified atom stereocenters. The number of thiophene rings is 1. The Hall–Kier alpha value is -0.940. The molecule has 0 saturated heterocycles. The first-order valence-electron chi connectivity index (χ1n) is 3.92. The lowest BCUT2D eigenvalue weighted by Gasteiger charge is -1.95. The summed E-state index contributed by atoms with van der Waals surface area (Å²) in [6.07, 6.45) is 0. The zero-order chi connectivity index (χ0) is 10.3. The van der Waals surface area contributed by atoms with Crippen molar-refractivity contribution in [3.8, 4) is 0 Å². The second kappa shape index (κ2) is 3.33. The molecule has 0 atom stereocenters. The Morgan fingerprint density at radius 1 is 1.43 bits per heavy atom. The van der Waals surface area contributed by atoms with Crippen molar-refractivity contribution in [1.29, 1.82) is 0 Å². The van der Waals surface area contributed by atoms with E-state index in [9.17, 15) is 10.1 Å². The smallest absolute Gasteiger partial charge is 0.258 e. The Kier molecular flexibility index (Phi) is 2.28. The molecule has 14 heavy (non-hydrogen) atoms. The van der Waals surface area contributed by atoms with Gasteiger partial charge in [0.25, 0.3) is 0 Å². The summed E-state index contributed by atoms with van der Waals surface area (Å²) in [5.74, 6) is 0. The highest BCUT2D eigenvalue weighted by Crippen LogP contribution is 2.34. The number of hydrogen-bond acceptors (Lipinski definition) is 3. The van der Waals surface area contributed by atoms with E-state index in [-0.39, 0.29) is 9.92 Å². The maximum absolute atomic E-state index is 10.5. The summed E-state index contributed by atoms with van der Waals surface area (Å²) in [5.41, 5.74) is 1.09. The molecule has 0 spiro atoms. The molecule has 1 heterocycles. The number of benzene rings is 1. The van der Waals surface area contributed by atoms with E-state index in [2.05, 4.69) is 15.9 Å². The summed E-state index contributed by atoms with van der Waals surface area (Å²) in [6.45, 7) is 1.97. The molecular weight excluding hydrogens is 266 g/mol. The SMILES string of the molecule is Cc1cc2sc([N+](=O)[O-])cc2cc1Br. The Morgan fingerprint density at radius 3 is 2.79 bits per heavy atom. The zero-order valence-corrected chi connectivity index (χ0v) is 9.68. The van der Waals surface area contributed by atoms with Gasteiger partial charge in [0, 0.05) is 20.6 Å². The third kappa shape index (κ3) is 1.53. The van der Waals surface area contributed by atoms with Crippen LogP contribution in [0.15, 0.2) is 22.7 Å². The van der Waals surface area contributed by atoms with Gasteiger partial charge in [0.05, 0.1) is 4.92 Å². The molecule has 0 N–H and O–H groups in total. The minimum atomic E-state index is -0.353. The van der Waals surface area contributed by atoms with Crippen molar-refractivity contribution in [2.75, 3.05) is 0 Å². The average molecular weight is 272 g/mol. The van der Waals surface area contributed by atoms with Crippen molar-refractivity contribution in [2.45, 2.75) is 6.92 Å². The molecule has 0 aliphatic rings. The summed E-state index contributed by atoms with van der Waals surface area (Å²) in [4.78, 5) is 10.2. The van der Waals surface area contributed by atoms with E-state index in [0.29, 0.717) is 0 Å². The van der Waals surface area contributed by atoms with Crippen LogP contribution in [0.1, 0.15) is 5.56 Å². The lowest BCUT2D eigenvalue weighted by molar-refractivity contribution is -0.380. The average Bonchev–Trinajstić information content (AvgIpc) is 2.48. The first-order chi connectivity index (χ1) is 6.58. The molecule has 72 valence electrons. The third-order valence-electron chi connectivity index (χ3n) is 1.96. The van der Waals surface area contributed by atoms with Crippen LogP contribution in [0.2, 0.25) is 0 Å². The highest BCUT2D eigenvalue weighted by molar-refractivity contribution is 9.10. The van der Waals surface area contributed by atoms with Gasteiger partial charge in [0.1, 0.15) is 0 Å². The zero-order valence-electron chi connectivity index (χ0n) is 7.28. The molecule has 0 saturated carbocycles. The van der Waals surface area contributed by atoms with Crippen molar-refractivity contribution in [3.05, 3.63) is 38.3 Å². The van der Waals surface area contributed by atoms with E-state index in [1.165, 1.54) is 11.3 Å². The number of nitro groups is 1. The van der Waals surface area contributed by atoms with Gasteiger partial charge in [-0.05, 0) is 24.6 Å². The van der Waals surface area contributed by atoms with Gasteiger partial charge in [-0.3, -0.25) is 10.1 Å². The van der Waals surface area contributed by atoms with Crippen LogP contribution < -0.4 is 0 Å². The molecule has 5 heteroatoms. The highest BCUT2D eigenvalue weighted by Gasteiger charge is 2.11. The fourth-order valence-electron chi connectivity index (χ4n) is 1.24. The van der Waals surface area contributed by atoms with Crippen molar-refractivity contribution in [1.82, 2.24) is 0 Å². The van der Waals surface area contributed by atoms with E-state index in [1.807, 2.05) is 19.1 Å². The molecule has 1 aromatic carbocycles. The molecular formula is C9H6BrNO2S. The Morgan fingerprint density at radius 2 is 2.14 bits per heavy atom.